The molecule has 0 bridgehead atoms. The molecule has 0 N–H and O–H groups in total. The lowest BCUT2D eigenvalue weighted by Gasteiger charge is -2.24. The van der Waals surface area contributed by atoms with Crippen LogP contribution in [0.2, 0.25) is 0 Å². The third kappa shape index (κ3) is 6.43. The average molecular weight is 230 g/mol. The summed E-state index contributed by atoms with van der Waals surface area (Å²) in [5.41, 5.74) is 0. The Bertz CT molecular complexity index is 153. The van der Waals surface area contributed by atoms with E-state index >= 15 is 0 Å². The van der Waals surface area contributed by atoms with Gasteiger partial charge in [0.25, 0.3) is 0 Å². The largest absolute Gasteiger partial charge is 0.379 e. The molecule has 0 aromatic heterocycles. The Morgan fingerprint density at radius 1 is 0.875 bits per heavy atom. The molecule has 0 amide bonds. The fraction of sp³-hybridized carbons (Fsp3) is 1.00. The molecule has 0 unspecified atom stereocenters. The minimum atomic E-state index is 0.830. The van der Waals surface area contributed by atoms with Crippen LogP contribution in [0.5, 0.6) is 0 Å². The van der Waals surface area contributed by atoms with E-state index in [4.69, 9.17) is 9.47 Å². The number of hydrogen-bond donors (Lipinski definition) is 0. The molecular weight excluding hydrogens is 204 g/mol. The summed E-state index contributed by atoms with van der Waals surface area (Å²) in [6.45, 7) is 10.8. The van der Waals surface area contributed by atoms with Crippen molar-refractivity contribution in [1.82, 2.24) is 9.80 Å². The quantitative estimate of drug-likeness (QED) is 0.696. The van der Waals surface area contributed by atoms with Crippen LogP contribution in [0.1, 0.15) is 13.3 Å². The van der Waals surface area contributed by atoms with E-state index < -0.39 is 0 Å². The van der Waals surface area contributed by atoms with Gasteiger partial charge in [-0.3, -0.25) is 4.90 Å². The van der Waals surface area contributed by atoms with Crippen LogP contribution >= 0.6 is 0 Å². The second-order valence-electron chi connectivity index (χ2n) is 4.37. The molecule has 0 atom stereocenters. The molecule has 0 saturated carbocycles. The Morgan fingerprint density at radius 3 is 1.88 bits per heavy atom. The van der Waals surface area contributed by atoms with Crippen molar-refractivity contribution in [3.05, 3.63) is 0 Å². The molecule has 0 spiro atoms. The van der Waals surface area contributed by atoms with Crippen molar-refractivity contribution in [1.29, 1.82) is 0 Å². The lowest BCUT2D eigenvalue weighted by Crippen LogP contribution is -2.35. The molecule has 4 heteroatoms. The first-order valence-corrected chi connectivity index (χ1v) is 6.39. The lowest BCUT2D eigenvalue weighted by molar-refractivity contribution is 0.0439. The van der Waals surface area contributed by atoms with Crippen molar-refractivity contribution in [2.75, 3.05) is 66.2 Å². The minimum absolute atomic E-state index is 0.830. The summed E-state index contributed by atoms with van der Waals surface area (Å²) in [5.74, 6) is 0. The van der Waals surface area contributed by atoms with E-state index in [1.807, 2.05) is 0 Å². The van der Waals surface area contributed by atoms with Gasteiger partial charge in [-0.15, -0.1) is 0 Å². The molecular formula is C12H26N2O2. The van der Waals surface area contributed by atoms with Gasteiger partial charge in [-0.1, -0.05) is 6.92 Å². The Labute approximate surface area is 99.5 Å². The molecule has 1 heterocycles. The first-order chi connectivity index (χ1) is 7.83. The van der Waals surface area contributed by atoms with Gasteiger partial charge in [-0.05, 0) is 20.0 Å². The molecule has 1 aliphatic rings. The van der Waals surface area contributed by atoms with Gasteiger partial charge >= 0.3 is 0 Å². The highest BCUT2D eigenvalue weighted by molar-refractivity contribution is 4.58. The maximum Gasteiger partial charge on any atom is 0.0594 e. The van der Waals surface area contributed by atoms with Crippen LogP contribution in [0, 0.1) is 0 Å². The van der Waals surface area contributed by atoms with E-state index in [9.17, 15) is 0 Å². The summed E-state index contributed by atoms with van der Waals surface area (Å²) < 4.78 is 11.3. The van der Waals surface area contributed by atoms with E-state index in [0.29, 0.717) is 0 Å². The molecule has 96 valence electrons. The zero-order chi connectivity index (χ0) is 11.6. The van der Waals surface area contributed by atoms with Crippen LogP contribution in [0.4, 0.5) is 0 Å². The summed E-state index contributed by atoms with van der Waals surface area (Å²) in [7, 11) is 2.11. The molecule has 0 radical (unpaired) electrons. The van der Waals surface area contributed by atoms with Gasteiger partial charge < -0.3 is 14.4 Å². The highest BCUT2D eigenvalue weighted by Crippen LogP contribution is 1.94. The minimum Gasteiger partial charge on any atom is -0.379 e. The predicted molar refractivity (Wildman–Crippen MR) is 65.9 cm³/mol. The van der Waals surface area contributed by atoms with Gasteiger partial charge in [0.1, 0.15) is 0 Å². The van der Waals surface area contributed by atoms with Crippen molar-refractivity contribution >= 4 is 0 Å². The van der Waals surface area contributed by atoms with Crippen molar-refractivity contribution in [3.63, 3.8) is 0 Å². The molecule has 1 rings (SSSR count). The Hall–Kier alpha value is -0.160. The third-order valence-corrected chi connectivity index (χ3v) is 2.88. The molecule has 0 aromatic carbocycles. The van der Waals surface area contributed by atoms with Crippen LogP contribution in [0.25, 0.3) is 0 Å². The van der Waals surface area contributed by atoms with Gasteiger partial charge in [0.15, 0.2) is 0 Å². The molecule has 4 nitrogen and oxygen atoms in total. The first-order valence-electron chi connectivity index (χ1n) is 6.39. The maximum absolute atomic E-state index is 5.63. The fourth-order valence-electron chi connectivity index (χ4n) is 1.80. The Balaban J connectivity index is 2.25. The summed E-state index contributed by atoms with van der Waals surface area (Å²) in [5, 5.41) is 0. The van der Waals surface area contributed by atoms with E-state index in [2.05, 4.69) is 23.8 Å². The number of ether oxygens (including phenoxy) is 2. The molecule has 0 aromatic rings. The number of rotatable bonds is 2. The highest BCUT2D eigenvalue weighted by Gasteiger charge is 2.06. The fourth-order valence-corrected chi connectivity index (χ4v) is 1.80. The molecule has 16 heavy (non-hydrogen) atoms. The number of nitrogens with zero attached hydrogens (tertiary/aromatic N) is 2. The Morgan fingerprint density at radius 2 is 1.38 bits per heavy atom. The van der Waals surface area contributed by atoms with Gasteiger partial charge in [0, 0.05) is 26.2 Å². The Kier molecular flexibility index (Phi) is 7.76. The first kappa shape index (κ1) is 13.9. The van der Waals surface area contributed by atoms with E-state index in [0.717, 1.165) is 59.2 Å². The van der Waals surface area contributed by atoms with Gasteiger partial charge in [-0.2, -0.15) is 0 Å². The third-order valence-electron chi connectivity index (χ3n) is 2.88. The summed E-state index contributed by atoms with van der Waals surface area (Å²) in [4.78, 5) is 4.68. The van der Waals surface area contributed by atoms with Crippen molar-refractivity contribution in [2.45, 2.75) is 13.3 Å². The zero-order valence-corrected chi connectivity index (χ0v) is 10.8. The second kappa shape index (κ2) is 8.93. The van der Waals surface area contributed by atoms with E-state index in [1.54, 1.807) is 0 Å². The molecule has 0 aliphatic carbocycles. The monoisotopic (exact) mass is 230 g/mol. The second-order valence-corrected chi connectivity index (χ2v) is 4.37. The number of likely N-dealkylation sites (N-methyl/N-ethyl adjacent to an activating group) is 1. The van der Waals surface area contributed by atoms with Crippen molar-refractivity contribution < 1.29 is 9.47 Å². The lowest BCUT2D eigenvalue weighted by atomic mass is 10.4. The topological polar surface area (TPSA) is 24.9 Å². The maximum atomic E-state index is 5.63. The van der Waals surface area contributed by atoms with Crippen LogP contribution in [-0.2, 0) is 9.47 Å². The van der Waals surface area contributed by atoms with Crippen LogP contribution in [-0.4, -0.2) is 76.0 Å². The van der Waals surface area contributed by atoms with Gasteiger partial charge in [-0.25, -0.2) is 0 Å². The molecule has 1 saturated heterocycles. The van der Waals surface area contributed by atoms with Gasteiger partial charge in [0.05, 0.1) is 26.4 Å². The van der Waals surface area contributed by atoms with Gasteiger partial charge in [0.2, 0.25) is 0 Å². The summed E-state index contributed by atoms with van der Waals surface area (Å²) in [6.07, 6.45) is 1.20. The van der Waals surface area contributed by atoms with Crippen LogP contribution in [0.15, 0.2) is 0 Å². The van der Waals surface area contributed by atoms with Crippen LogP contribution in [0.3, 0.4) is 0 Å². The van der Waals surface area contributed by atoms with Crippen molar-refractivity contribution in [2.24, 2.45) is 0 Å². The highest BCUT2D eigenvalue weighted by atomic mass is 16.5. The summed E-state index contributed by atoms with van der Waals surface area (Å²) >= 11 is 0. The molecule has 1 fully saturated rings. The van der Waals surface area contributed by atoms with E-state index in [1.165, 1.54) is 6.42 Å². The van der Waals surface area contributed by atoms with Crippen molar-refractivity contribution in [3.8, 4) is 0 Å². The number of hydrogen-bond acceptors (Lipinski definition) is 4. The normalized spacial score (nSPS) is 23.6. The van der Waals surface area contributed by atoms with Crippen LogP contribution < -0.4 is 0 Å². The summed E-state index contributed by atoms with van der Waals surface area (Å²) in [6, 6.07) is 0. The molecule has 1 aliphatic heterocycles. The smallest absolute Gasteiger partial charge is 0.0594 e. The van der Waals surface area contributed by atoms with E-state index in [-0.39, 0.29) is 0 Å². The average Bonchev–Trinajstić information content (AvgIpc) is 2.26. The SMILES string of the molecule is CCCN1CCOCCN(C)CCOCC1. The zero-order valence-electron chi connectivity index (χ0n) is 10.8. The predicted octanol–water partition coefficient (Wildman–Crippen LogP) is 0.677. The standard InChI is InChI=1S/C12H26N2O2/c1-3-4-14-7-11-15-9-5-13(2)6-10-16-12-8-14/h3-12H2,1-2H3.